The van der Waals surface area contributed by atoms with E-state index < -0.39 is 5.97 Å². The Morgan fingerprint density at radius 2 is 2.36 bits per heavy atom. The molecule has 1 heterocycles. The van der Waals surface area contributed by atoms with Crippen molar-refractivity contribution in [2.75, 3.05) is 6.61 Å². The predicted molar refractivity (Wildman–Crippen MR) is 54.5 cm³/mol. The maximum Gasteiger partial charge on any atom is 0.335 e. The lowest BCUT2D eigenvalue weighted by molar-refractivity contribution is 0.0695. The molecular formula is C10H9BrO3. The summed E-state index contributed by atoms with van der Waals surface area (Å²) in [6, 6.07) is 5.19. The van der Waals surface area contributed by atoms with Crippen LogP contribution in [0.5, 0.6) is 0 Å². The first kappa shape index (κ1) is 9.68. The van der Waals surface area contributed by atoms with E-state index in [4.69, 9.17) is 9.84 Å². The SMILES string of the molecule is O=C(O)c1ccc(Br)cc1CC1CO1. The Bertz CT molecular complexity index is 372. The van der Waals surface area contributed by atoms with Crippen LogP contribution in [0.3, 0.4) is 0 Å². The number of aromatic carboxylic acids is 1. The van der Waals surface area contributed by atoms with Crippen molar-refractivity contribution in [3.05, 3.63) is 33.8 Å². The number of ether oxygens (including phenoxy) is 1. The molecule has 1 aliphatic rings. The molecule has 1 aromatic rings. The molecule has 0 aliphatic carbocycles. The highest BCUT2D eigenvalue weighted by molar-refractivity contribution is 9.10. The van der Waals surface area contributed by atoms with Gasteiger partial charge in [-0.15, -0.1) is 0 Å². The normalized spacial score (nSPS) is 19.4. The number of carboxylic acids is 1. The summed E-state index contributed by atoms with van der Waals surface area (Å²) in [5.74, 6) is -0.881. The van der Waals surface area contributed by atoms with E-state index in [1.54, 1.807) is 12.1 Å². The second kappa shape index (κ2) is 3.71. The van der Waals surface area contributed by atoms with Gasteiger partial charge in [0, 0.05) is 10.9 Å². The molecule has 2 rings (SSSR count). The van der Waals surface area contributed by atoms with Crippen molar-refractivity contribution in [1.82, 2.24) is 0 Å². The van der Waals surface area contributed by atoms with E-state index in [1.165, 1.54) is 0 Å². The molecule has 1 unspecified atom stereocenters. The number of hydrogen-bond acceptors (Lipinski definition) is 2. The van der Waals surface area contributed by atoms with Crippen molar-refractivity contribution in [3.8, 4) is 0 Å². The lowest BCUT2D eigenvalue weighted by atomic mass is 10.0. The molecule has 0 aromatic heterocycles. The van der Waals surface area contributed by atoms with Crippen LogP contribution in [0, 0.1) is 0 Å². The van der Waals surface area contributed by atoms with Crippen molar-refractivity contribution in [1.29, 1.82) is 0 Å². The van der Waals surface area contributed by atoms with Gasteiger partial charge >= 0.3 is 5.97 Å². The number of epoxide rings is 1. The van der Waals surface area contributed by atoms with Gasteiger partial charge in [-0.1, -0.05) is 15.9 Å². The summed E-state index contributed by atoms with van der Waals surface area (Å²) in [7, 11) is 0. The fraction of sp³-hybridized carbons (Fsp3) is 0.300. The fourth-order valence-electron chi connectivity index (χ4n) is 1.37. The van der Waals surface area contributed by atoms with Gasteiger partial charge in [0.1, 0.15) is 0 Å². The zero-order chi connectivity index (χ0) is 10.1. The molecule has 0 saturated carbocycles. The monoisotopic (exact) mass is 256 g/mol. The van der Waals surface area contributed by atoms with Crippen molar-refractivity contribution >= 4 is 21.9 Å². The second-order valence-electron chi connectivity index (χ2n) is 3.27. The van der Waals surface area contributed by atoms with Crippen molar-refractivity contribution < 1.29 is 14.6 Å². The predicted octanol–water partition coefficient (Wildman–Crippen LogP) is 2.09. The quantitative estimate of drug-likeness (QED) is 0.843. The Hall–Kier alpha value is -0.870. The molecular weight excluding hydrogens is 248 g/mol. The molecule has 0 amide bonds. The van der Waals surface area contributed by atoms with Crippen LogP contribution >= 0.6 is 15.9 Å². The van der Waals surface area contributed by atoms with Gasteiger partial charge in [-0.05, 0) is 23.8 Å². The second-order valence-corrected chi connectivity index (χ2v) is 4.18. The van der Waals surface area contributed by atoms with E-state index in [2.05, 4.69) is 15.9 Å². The smallest absolute Gasteiger partial charge is 0.335 e. The molecule has 1 fully saturated rings. The van der Waals surface area contributed by atoms with Crippen LogP contribution in [0.25, 0.3) is 0 Å². The third kappa shape index (κ3) is 2.13. The van der Waals surface area contributed by atoms with Gasteiger partial charge in [-0.2, -0.15) is 0 Å². The summed E-state index contributed by atoms with van der Waals surface area (Å²) in [5, 5.41) is 8.93. The molecule has 0 radical (unpaired) electrons. The van der Waals surface area contributed by atoms with Crippen molar-refractivity contribution in [2.45, 2.75) is 12.5 Å². The zero-order valence-electron chi connectivity index (χ0n) is 7.37. The highest BCUT2D eigenvalue weighted by Crippen LogP contribution is 2.22. The topological polar surface area (TPSA) is 49.8 Å². The largest absolute Gasteiger partial charge is 0.478 e. The standard InChI is InChI=1S/C10H9BrO3/c11-7-1-2-9(10(12)13)6(3-7)4-8-5-14-8/h1-3,8H,4-5H2,(H,12,13). The number of carbonyl (C=O) groups is 1. The third-order valence-electron chi connectivity index (χ3n) is 2.15. The Kier molecular flexibility index (Phi) is 2.56. The van der Waals surface area contributed by atoms with Crippen LogP contribution in [-0.4, -0.2) is 23.8 Å². The van der Waals surface area contributed by atoms with E-state index in [0.717, 1.165) is 16.6 Å². The van der Waals surface area contributed by atoms with E-state index >= 15 is 0 Å². The molecule has 1 aromatic carbocycles. The average Bonchev–Trinajstić information content (AvgIpc) is 2.87. The summed E-state index contributed by atoms with van der Waals surface area (Å²) in [4.78, 5) is 10.9. The van der Waals surface area contributed by atoms with Gasteiger partial charge in [-0.25, -0.2) is 4.79 Å². The minimum atomic E-state index is -0.881. The molecule has 0 spiro atoms. The van der Waals surface area contributed by atoms with E-state index in [0.29, 0.717) is 12.0 Å². The van der Waals surface area contributed by atoms with Crippen LogP contribution in [0.1, 0.15) is 15.9 Å². The highest BCUT2D eigenvalue weighted by Gasteiger charge is 2.25. The van der Waals surface area contributed by atoms with Crippen LogP contribution in [0.4, 0.5) is 0 Å². The number of carboxylic acid groups (broad SMARTS) is 1. The number of benzene rings is 1. The summed E-state index contributed by atoms with van der Waals surface area (Å²) in [6.07, 6.45) is 0.892. The fourth-order valence-corrected chi connectivity index (χ4v) is 1.78. The Morgan fingerprint density at radius 3 is 2.93 bits per heavy atom. The molecule has 1 N–H and O–H groups in total. The minimum Gasteiger partial charge on any atom is -0.478 e. The van der Waals surface area contributed by atoms with Crippen LogP contribution in [-0.2, 0) is 11.2 Å². The molecule has 4 heteroatoms. The van der Waals surface area contributed by atoms with Gasteiger partial charge in [0.15, 0.2) is 0 Å². The summed E-state index contributed by atoms with van der Waals surface area (Å²) < 4.78 is 5.98. The maximum atomic E-state index is 10.9. The Morgan fingerprint density at radius 1 is 1.64 bits per heavy atom. The first-order chi connectivity index (χ1) is 6.66. The first-order valence-electron chi connectivity index (χ1n) is 4.30. The molecule has 3 nitrogen and oxygen atoms in total. The summed E-state index contributed by atoms with van der Waals surface area (Å²) in [5.41, 5.74) is 1.19. The van der Waals surface area contributed by atoms with E-state index in [-0.39, 0.29) is 6.10 Å². The van der Waals surface area contributed by atoms with E-state index in [1.807, 2.05) is 6.07 Å². The minimum absolute atomic E-state index is 0.211. The summed E-state index contributed by atoms with van der Waals surface area (Å²) >= 11 is 3.32. The molecule has 1 saturated heterocycles. The zero-order valence-corrected chi connectivity index (χ0v) is 8.95. The molecule has 1 aliphatic heterocycles. The van der Waals surface area contributed by atoms with Crippen molar-refractivity contribution in [2.24, 2.45) is 0 Å². The lowest BCUT2D eigenvalue weighted by Crippen LogP contribution is -2.04. The van der Waals surface area contributed by atoms with E-state index in [9.17, 15) is 4.79 Å². The van der Waals surface area contributed by atoms with Gasteiger partial charge in [0.05, 0.1) is 18.3 Å². The van der Waals surface area contributed by atoms with Crippen LogP contribution < -0.4 is 0 Å². The van der Waals surface area contributed by atoms with Gasteiger partial charge < -0.3 is 9.84 Å². The molecule has 74 valence electrons. The number of halogens is 1. The van der Waals surface area contributed by atoms with Gasteiger partial charge in [-0.3, -0.25) is 0 Å². The Labute approximate surface area is 89.8 Å². The van der Waals surface area contributed by atoms with Gasteiger partial charge in [0.25, 0.3) is 0 Å². The molecule has 1 atom stereocenters. The van der Waals surface area contributed by atoms with Crippen LogP contribution in [0.15, 0.2) is 22.7 Å². The highest BCUT2D eigenvalue weighted by atomic mass is 79.9. The average molecular weight is 257 g/mol. The van der Waals surface area contributed by atoms with Crippen molar-refractivity contribution in [3.63, 3.8) is 0 Å². The third-order valence-corrected chi connectivity index (χ3v) is 2.64. The maximum absolute atomic E-state index is 10.9. The summed E-state index contributed by atoms with van der Waals surface area (Å²) in [6.45, 7) is 0.742. The van der Waals surface area contributed by atoms with Crippen LogP contribution in [0.2, 0.25) is 0 Å². The lowest BCUT2D eigenvalue weighted by Gasteiger charge is -2.04. The number of rotatable bonds is 3. The van der Waals surface area contributed by atoms with Gasteiger partial charge in [0.2, 0.25) is 0 Å². The molecule has 0 bridgehead atoms. The molecule has 14 heavy (non-hydrogen) atoms. The Balaban J connectivity index is 2.31. The first-order valence-corrected chi connectivity index (χ1v) is 5.09. The number of hydrogen-bond donors (Lipinski definition) is 1.